The molecule has 102 valence electrons. The third kappa shape index (κ3) is 3.94. The summed E-state index contributed by atoms with van der Waals surface area (Å²) >= 11 is 0. The molecule has 1 aliphatic heterocycles. The van der Waals surface area contributed by atoms with Crippen LogP contribution in [0.2, 0.25) is 0 Å². The van der Waals surface area contributed by atoms with Gasteiger partial charge in [0.2, 0.25) is 0 Å². The Bertz CT molecular complexity index is 214. The predicted molar refractivity (Wildman–Crippen MR) is 73.2 cm³/mol. The highest BCUT2D eigenvalue weighted by Gasteiger charge is 2.36. The van der Waals surface area contributed by atoms with Crippen molar-refractivity contribution >= 4 is 0 Å². The van der Waals surface area contributed by atoms with Crippen LogP contribution < -0.4 is 5.73 Å². The van der Waals surface area contributed by atoms with E-state index in [1.54, 1.807) is 0 Å². The van der Waals surface area contributed by atoms with Gasteiger partial charge >= 0.3 is 0 Å². The second-order valence-corrected chi connectivity index (χ2v) is 5.75. The lowest BCUT2D eigenvalue weighted by Crippen LogP contribution is -2.60. The minimum Gasteiger partial charge on any atom is -0.377 e. The van der Waals surface area contributed by atoms with E-state index < -0.39 is 0 Å². The molecule has 0 aliphatic carbocycles. The molecule has 2 unspecified atom stereocenters. The molecule has 1 rings (SSSR count). The van der Waals surface area contributed by atoms with Gasteiger partial charge in [-0.1, -0.05) is 13.3 Å². The number of piperidine rings is 1. The van der Waals surface area contributed by atoms with Crippen LogP contribution >= 0.6 is 0 Å². The highest BCUT2D eigenvalue weighted by molar-refractivity contribution is 4.95. The molecule has 1 heterocycles. The molecule has 0 aromatic heterocycles. The van der Waals surface area contributed by atoms with E-state index in [4.69, 9.17) is 10.5 Å². The summed E-state index contributed by atoms with van der Waals surface area (Å²) in [6.45, 7) is 11.7. The first-order valence-corrected chi connectivity index (χ1v) is 7.13. The smallest absolute Gasteiger partial charge is 0.0639 e. The van der Waals surface area contributed by atoms with Crippen LogP contribution in [0, 0.1) is 0 Å². The Labute approximate surface area is 107 Å². The minimum atomic E-state index is 0.0926. The van der Waals surface area contributed by atoms with Crippen LogP contribution in [0.5, 0.6) is 0 Å². The Morgan fingerprint density at radius 1 is 1.24 bits per heavy atom. The Kier molecular flexibility index (Phi) is 5.90. The molecule has 0 amide bonds. The van der Waals surface area contributed by atoms with Crippen LogP contribution in [0.4, 0.5) is 0 Å². The third-order valence-corrected chi connectivity index (χ3v) is 4.20. The first-order chi connectivity index (χ1) is 8.00. The second-order valence-electron chi connectivity index (χ2n) is 5.75. The maximum Gasteiger partial charge on any atom is 0.0639 e. The molecule has 2 atom stereocenters. The van der Waals surface area contributed by atoms with Gasteiger partial charge < -0.3 is 10.5 Å². The molecule has 0 bridgehead atoms. The van der Waals surface area contributed by atoms with Gasteiger partial charge in [-0.25, -0.2) is 0 Å². The molecule has 0 aromatic carbocycles. The zero-order valence-corrected chi connectivity index (χ0v) is 12.0. The van der Waals surface area contributed by atoms with Gasteiger partial charge in [-0.05, 0) is 53.1 Å². The topological polar surface area (TPSA) is 38.5 Å². The number of nitrogens with two attached hydrogens (primary N) is 1. The lowest BCUT2D eigenvalue weighted by Gasteiger charge is -2.46. The lowest BCUT2D eigenvalue weighted by molar-refractivity contribution is -0.00117. The summed E-state index contributed by atoms with van der Waals surface area (Å²) in [7, 11) is 0. The first-order valence-electron chi connectivity index (χ1n) is 7.13. The molecule has 0 aromatic rings. The van der Waals surface area contributed by atoms with Crippen molar-refractivity contribution < 1.29 is 4.74 Å². The average Bonchev–Trinajstić information content (AvgIpc) is 2.35. The standard InChI is InChI=1S/C14H30N2O/c1-5-14(4,13(15)11-17-12(2)3)16-9-7-6-8-10-16/h12-13H,5-11,15H2,1-4H3. The van der Waals surface area contributed by atoms with E-state index in [9.17, 15) is 0 Å². The molecule has 0 saturated carbocycles. The normalized spacial score (nSPS) is 23.6. The number of likely N-dealkylation sites (tertiary alicyclic amines) is 1. The van der Waals surface area contributed by atoms with Crippen LogP contribution in [0.3, 0.4) is 0 Å². The first kappa shape index (κ1) is 14.9. The predicted octanol–water partition coefficient (Wildman–Crippen LogP) is 2.39. The summed E-state index contributed by atoms with van der Waals surface area (Å²) in [5.41, 5.74) is 6.47. The molecule has 3 nitrogen and oxygen atoms in total. The van der Waals surface area contributed by atoms with Gasteiger partial charge in [0, 0.05) is 11.6 Å². The SMILES string of the molecule is CCC(C)(C(N)COC(C)C)N1CCCCC1. The van der Waals surface area contributed by atoms with E-state index in [1.807, 2.05) is 0 Å². The Morgan fingerprint density at radius 3 is 2.29 bits per heavy atom. The Hall–Kier alpha value is -0.120. The largest absolute Gasteiger partial charge is 0.377 e. The summed E-state index contributed by atoms with van der Waals surface area (Å²) in [4.78, 5) is 2.57. The lowest BCUT2D eigenvalue weighted by atomic mass is 9.86. The van der Waals surface area contributed by atoms with Crippen LogP contribution in [0.1, 0.15) is 53.4 Å². The van der Waals surface area contributed by atoms with Crippen LogP contribution in [-0.2, 0) is 4.74 Å². The quantitative estimate of drug-likeness (QED) is 0.777. The van der Waals surface area contributed by atoms with E-state index >= 15 is 0 Å². The maximum atomic E-state index is 6.38. The van der Waals surface area contributed by atoms with E-state index in [2.05, 4.69) is 32.6 Å². The number of hydrogen-bond donors (Lipinski definition) is 1. The summed E-state index contributed by atoms with van der Waals surface area (Å²) < 4.78 is 5.69. The monoisotopic (exact) mass is 242 g/mol. The van der Waals surface area contributed by atoms with Crippen molar-refractivity contribution in [1.82, 2.24) is 4.90 Å². The van der Waals surface area contributed by atoms with E-state index in [-0.39, 0.29) is 17.7 Å². The number of hydrogen-bond acceptors (Lipinski definition) is 3. The molecule has 0 spiro atoms. The summed E-state index contributed by atoms with van der Waals surface area (Å²) in [6.07, 6.45) is 5.35. The molecule has 2 N–H and O–H groups in total. The number of rotatable bonds is 6. The van der Waals surface area contributed by atoms with Gasteiger partial charge in [0.25, 0.3) is 0 Å². The molecular formula is C14H30N2O. The zero-order valence-electron chi connectivity index (χ0n) is 12.0. The van der Waals surface area contributed by atoms with Gasteiger partial charge in [0.05, 0.1) is 12.7 Å². The van der Waals surface area contributed by atoms with Gasteiger partial charge in [-0.3, -0.25) is 4.90 Å². The summed E-state index contributed by atoms with van der Waals surface area (Å²) in [6, 6.07) is 0.105. The Morgan fingerprint density at radius 2 is 1.82 bits per heavy atom. The molecule has 1 saturated heterocycles. The van der Waals surface area contributed by atoms with E-state index in [0.717, 1.165) is 6.42 Å². The second kappa shape index (κ2) is 6.72. The molecule has 1 aliphatic rings. The van der Waals surface area contributed by atoms with Crippen molar-refractivity contribution in [3.05, 3.63) is 0 Å². The molecule has 17 heavy (non-hydrogen) atoms. The van der Waals surface area contributed by atoms with Gasteiger partial charge in [-0.2, -0.15) is 0 Å². The minimum absolute atomic E-state index is 0.0926. The molecule has 0 radical (unpaired) electrons. The summed E-state index contributed by atoms with van der Waals surface area (Å²) in [5.74, 6) is 0. The number of ether oxygens (including phenoxy) is 1. The highest BCUT2D eigenvalue weighted by atomic mass is 16.5. The van der Waals surface area contributed by atoms with Crippen molar-refractivity contribution in [2.45, 2.75) is 71.1 Å². The van der Waals surface area contributed by atoms with Crippen LogP contribution in [0.15, 0.2) is 0 Å². The fourth-order valence-corrected chi connectivity index (χ4v) is 2.60. The van der Waals surface area contributed by atoms with Crippen molar-refractivity contribution in [3.63, 3.8) is 0 Å². The van der Waals surface area contributed by atoms with Gasteiger partial charge in [0.15, 0.2) is 0 Å². The van der Waals surface area contributed by atoms with Crippen molar-refractivity contribution in [3.8, 4) is 0 Å². The van der Waals surface area contributed by atoms with Crippen molar-refractivity contribution in [1.29, 1.82) is 0 Å². The number of nitrogens with zero attached hydrogens (tertiary/aromatic N) is 1. The fourth-order valence-electron chi connectivity index (χ4n) is 2.60. The van der Waals surface area contributed by atoms with Crippen molar-refractivity contribution in [2.75, 3.05) is 19.7 Å². The van der Waals surface area contributed by atoms with E-state index in [0.29, 0.717) is 6.61 Å². The highest BCUT2D eigenvalue weighted by Crippen LogP contribution is 2.26. The molecular weight excluding hydrogens is 212 g/mol. The third-order valence-electron chi connectivity index (χ3n) is 4.20. The zero-order chi connectivity index (χ0) is 12.9. The average molecular weight is 242 g/mol. The van der Waals surface area contributed by atoms with Crippen molar-refractivity contribution in [2.24, 2.45) is 5.73 Å². The molecule has 1 fully saturated rings. The summed E-state index contributed by atoms with van der Waals surface area (Å²) in [5, 5.41) is 0. The van der Waals surface area contributed by atoms with E-state index in [1.165, 1.54) is 32.4 Å². The van der Waals surface area contributed by atoms with Gasteiger partial charge in [0.1, 0.15) is 0 Å². The maximum absolute atomic E-state index is 6.38. The van der Waals surface area contributed by atoms with Crippen LogP contribution in [-0.4, -0.2) is 42.3 Å². The molecule has 3 heteroatoms. The van der Waals surface area contributed by atoms with Gasteiger partial charge in [-0.15, -0.1) is 0 Å². The van der Waals surface area contributed by atoms with Crippen LogP contribution in [0.25, 0.3) is 0 Å². The Balaban J connectivity index is 2.58. The fraction of sp³-hybridized carbons (Fsp3) is 1.00.